The van der Waals surface area contributed by atoms with Crippen LogP contribution < -0.4 is 5.48 Å². The third-order valence-electron chi connectivity index (χ3n) is 1.87. The zero-order valence-electron chi connectivity index (χ0n) is 7.69. The molecule has 0 aromatic rings. The molecule has 0 bridgehead atoms. The van der Waals surface area contributed by atoms with Gasteiger partial charge in [-0.3, -0.25) is 4.84 Å². The van der Waals surface area contributed by atoms with E-state index in [9.17, 15) is 0 Å². The summed E-state index contributed by atoms with van der Waals surface area (Å²) in [5.74, 6) is 0.534. The van der Waals surface area contributed by atoms with E-state index in [4.69, 9.17) is 4.84 Å². The quantitative estimate of drug-likeness (QED) is 0.611. The predicted molar refractivity (Wildman–Crippen MR) is 43.7 cm³/mol. The van der Waals surface area contributed by atoms with Crippen molar-refractivity contribution < 1.29 is 4.84 Å². The van der Waals surface area contributed by atoms with Gasteiger partial charge in [-0.25, -0.2) is 5.48 Å². The van der Waals surface area contributed by atoms with E-state index in [0.29, 0.717) is 5.92 Å². The van der Waals surface area contributed by atoms with Gasteiger partial charge in [-0.15, -0.1) is 0 Å². The van der Waals surface area contributed by atoms with E-state index < -0.39 is 0 Å². The Kier molecular flexibility index (Phi) is 3.91. The molecule has 0 amide bonds. The number of nitrogens with one attached hydrogen (secondary N) is 1. The summed E-state index contributed by atoms with van der Waals surface area (Å²) in [6.45, 7) is 11.3. The summed E-state index contributed by atoms with van der Waals surface area (Å²) >= 11 is 0. The van der Waals surface area contributed by atoms with Crippen LogP contribution >= 0.6 is 0 Å². The minimum absolute atomic E-state index is 0.0595. The standard InChI is InChI=1S/C8H19NO/c1-6-9-10-8(4,5)7(2)3/h7,9H,6H2,1-5H3. The third kappa shape index (κ3) is 3.18. The van der Waals surface area contributed by atoms with Gasteiger partial charge in [-0.2, -0.15) is 0 Å². The molecule has 0 heterocycles. The predicted octanol–water partition coefficient (Wildman–Crippen LogP) is 1.96. The fraction of sp³-hybridized carbons (Fsp3) is 1.00. The Morgan fingerprint density at radius 3 is 2.20 bits per heavy atom. The Morgan fingerprint density at radius 1 is 1.40 bits per heavy atom. The third-order valence-corrected chi connectivity index (χ3v) is 1.87. The Bertz CT molecular complexity index is 89.3. The summed E-state index contributed by atoms with van der Waals surface area (Å²) in [6, 6.07) is 0. The Balaban J connectivity index is 3.63. The molecule has 0 aliphatic rings. The Morgan fingerprint density at radius 2 is 1.90 bits per heavy atom. The summed E-state index contributed by atoms with van der Waals surface area (Å²) in [7, 11) is 0. The van der Waals surface area contributed by atoms with Crippen LogP contribution in [0.1, 0.15) is 34.6 Å². The molecule has 0 atom stereocenters. The van der Waals surface area contributed by atoms with Crippen LogP contribution in [0.2, 0.25) is 0 Å². The van der Waals surface area contributed by atoms with Gasteiger partial charge in [-0.05, 0) is 19.8 Å². The first-order valence-corrected chi connectivity index (χ1v) is 3.91. The van der Waals surface area contributed by atoms with Crippen molar-refractivity contribution in [1.82, 2.24) is 5.48 Å². The second kappa shape index (κ2) is 3.94. The molecule has 2 heteroatoms. The topological polar surface area (TPSA) is 21.3 Å². The van der Waals surface area contributed by atoms with Crippen LogP contribution in [0.25, 0.3) is 0 Å². The lowest BCUT2D eigenvalue weighted by Gasteiger charge is -2.28. The van der Waals surface area contributed by atoms with E-state index in [1.54, 1.807) is 0 Å². The molecule has 62 valence electrons. The lowest BCUT2D eigenvalue weighted by Crippen LogP contribution is -2.36. The summed E-state index contributed by atoms with van der Waals surface area (Å²) < 4.78 is 0. The van der Waals surface area contributed by atoms with Crippen LogP contribution in [0.5, 0.6) is 0 Å². The smallest absolute Gasteiger partial charge is 0.0863 e. The zero-order chi connectivity index (χ0) is 8.20. The average molecular weight is 145 g/mol. The number of hydroxylamine groups is 1. The molecule has 0 radical (unpaired) electrons. The lowest BCUT2D eigenvalue weighted by atomic mass is 9.95. The summed E-state index contributed by atoms with van der Waals surface area (Å²) in [5.41, 5.74) is 2.81. The highest BCUT2D eigenvalue weighted by Crippen LogP contribution is 2.18. The van der Waals surface area contributed by atoms with Crippen LogP contribution in [-0.4, -0.2) is 12.1 Å². The molecule has 2 nitrogen and oxygen atoms in total. The maximum atomic E-state index is 5.39. The maximum absolute atomic E-state index is 5.39. The van der Waals surface area contributed by atoms with E-state index in [1.807, 2.05) is 6.92 Å². The summed E-state index contributed by atoms with van der Waals surface area (Å²) in [5, 5.41) is 0. The van der Waals surface area contributed by atoms with E-state index in [2.05, 4.69) is 33.2 Å². The van der Waals surface area contributed by atoms with E-state index in [0.717, 1.165) is 6.54 Å². The van der Waals surface area contributed by atoms with Gasteiger partial charge in [0.05, 0.1) is 5.60 Å². The van der Waals surface area contributed by atoms with E-state index >= 15 is 0 Å². The molecule has 1 N–H and O–H groups in total. The largest absolute Gasteiger partial charge is 0.296 e. The van der Waals surface area contributed by atoms with Gasteiger partial charge >= 0.3 is 0 Å². The van der Waals surface area contributed by atoms with Crippen LogP contribution in [0, 0.1) is 5.92 Å². The first kappa shape index (κ1) is 9.92. The minimum Gasteiger partial charge on any atom is -0.296 e. The maximum Gasteiger partial charge on any atom is 0.0863 e. The van der Waals surface area contributed by atoms with Gasteiger partial charge in [0.2, 0.25) is 0 Å². The van der Waals surface area contributed by atoms with Gasteiger partial charge in [0, 0.05) is 6.54 Å². The monoisotopic (exact) mass is 145 g/mol. The summed E-state index contributed by atoms with van der Waals surface area (Å²) in [6.07, 6.45) is 0. The highest BCUT2D eigenvalue weighted by Gasteiger charge is 2.22. The molecule has 0 unspecified atom stereocenters. The molecular weight excluding hydrogens is 126 g/mol. The fourth-order valence-corrected chi connectivity index (χ4v) is 0.376. The van der Waals surface area contributed by atoms with Crippen molar-refractivity contribution >= 4 is 0 Å². The average Bonchev–Trinajstić information content (AvgIpc) is 1.84. The van der Waals surface area contributed by atoms with Crippen molar-refractivity contribution in [3.8, 4) is 0 Å². The molecule has 0 aromatic carbocycles. The van der Waals surface area contributed by atoms with Gasteiger partial charge in [0.1, 0.15) is 0 Å². The lowest BCUT2D eigenvalue weighted by molar-refractivity contribution is -0.108. The number of hydrogen-bond donors (Lipinski definition) is 1. The van der Waals surface area contributed by atoms with Crippen LogP contribution in [0.15, 0.2) is 0 Å². The van der Waals surface area contributed by atoms with Crippen LogP contribution in [0.3, 0.4) is 0 Å². The molecule has 0 aliphatic heterocycles. The molecule has 0 saturated carbocycles. The SMILES string of the molecule is CCNOC(C)(C)C(C)C. The first-order chi connectivity index (χ1) is 4.50. The molecule has 0 aromatic heterocycles. The second-order valence-corrected chi connectivity index (χ2v) is 3.36. The van der Waals surface area contributed by atoms with Gasteiger partial charge in [-0.1, -0.05) is 20.8 Å². The Hall–Kier alpha value is -0.0800. The van der Waals surface area contributed by atoms with Gasteiger partial charge in [0.25, 0.3) is 0 Å². The van der Waals surface area contributed by atoms with Gasteiger partial charge < -0.3 is 0 Å². The van der Waals surface area contributed by atoms with Crippen LogP contribution in [0.4, 0.5) is 0 Å². The molecule has 0 rings (SSSR count). The van der Waals surface area contributed by atoms with Gasteiger partial charge in [0.15, 0.2) is 0 Å². The molecule has 10 heavy (non-hydrogen) atoms. The van der Waals surface area contributed by atoms with Crippen molar-refractivity contribution in [2.24, 2.45) is 5.92 Å². The summed E-state index contributed by atoms with van der Waals surface area (Å²) in [4.78, 5) is 5.39. The highest BCUT2D eigenvalue weighted by atomic mass is 16.7. The number of hydrogen-bond acceptors (Lipinski definition) is 2. The second-order valence-electron chi connectivity index (χ2n) is 3.36. The zero-order valence-corrected chi connectivity index (χ0v) is 7.69. The number of rotatable bonds is 4. The Labute approximate surface area is 63.9 Å². The molecule has 0 saturated heterocycles. The molecular formula is C8H19NO. The van der Waals surface area contributed by atoms with Crippen molar-refractivity contribution in [2.45, 2.75) is 40.2 Å². The van der Waals surface area contributed by atoms with Crippen molar-refractivity contribution in [3.63, 3.8) is 0 Å². The van der Waals surface area contributed by atoms with Crippen LogP contribution in [-0.2, 0) is 4.84 Å². The van der Waals surface area contributed by atoms with Crippen molar-refractivity contribution in [2.75, 3.05) is 6.54 Å². The minimum atomic E-state index is -0.0595. The van der Waals surface area contributed by atoms with E-state index in [1.165, 1.54) is 0 Å². The molecule has 0 spiro atoms. The highest BCUT2D eigenvalue weighted by molar-refractivity contribution is 4.71. The molecule has 0 aliphatic carbocycles. The first-order valence-electron chi connectivity index (χ1n) is 3.91. The van der Waals surface area contributed by atoms with Crippen molar-refractivity contribution in [1.29, 1.82) is 0 Å². The van der Waals surface area contributed by atoms with E-state index in [-0.39, 0.29) is 5.60 Å². The normalized spacial score (nSPS) is 12.6. The van der Waals surface area contributed by atoms with Crippen molar-refractivity contribution in [3.05, 3.63) is 0 Å². The fourth-order valence-electron chi connectivity index (χ4n) is 0.376. The molecule has 0 fully saturated rings.